The maximum Gasteiger partial charge on any atom is 0.0700 e. The predicted octanol–water partition coefficient (Wildman–Crippen LogP) is 1.57. The van der Waals surface area contributed by atoms with E-state index in [1.165, 1.54) is 29.8 Å². The molecule has 1 aliphatic rings. The summed E-state index contributed by atoms with van der Waals surface area (Å²) in [6.45, 7) is 3.12. The average Bonchev–Trinajstić information content (AvgIpc) is 2.90. The van der Waals surface area contributed by atoms with Gasteiger partial charge < -0.3 is 5.32 Å². The zero-order valence-electron chi connectivity index (χ0n) is 8.35. The van der Waals surface area contributed by atoms with Crippen molar-refractivity contribution < 1.29 is 0 Å². The predicted molar refractivity (Wildman–Crippen MR) is 52.7 cm³/mol. The number of hydrogen-bond acceptors (Lipinski definition) is 2. The number of rotatable bonds is 4. The van der Waals surface area contributed by atoms with Gasteiger partial charge >= 0.3 is 0 Å². The highest BCUT2D eigenvalue weighted by atomic mass is 15.1. The Morgan fingerprint density at radius 1 is 1.54 bits per heavy atom. The van der Waals surface area contributed by atoms with Crippen molar-refractivity contribution in [3.05, 3.63) is 17.0 Å². The highest BCUT2D eigenvalue weighted by Gasteiger charge is 2.29. The average molecular weight is 179 g/mol. The van der Waals surface area contributed by atoms with Gasteiger partial charge in [-0.25, -0.2) is 0 Å². The van der Waals surface area contributed by atoms with Gasteiger partial charge in [0.25, 0.3) is 0 Å². The van der Waals surface area contributed by atoms with Crippen LogP contribution in [0.1, 0.15) is 42.6 Å². The number of aromatic nitrogens is 2. The molecule has 1 aliphatic carbocycles. The molecule has 1 aromatic heterocycles. The fraction of sp³-hybridized carbons (Fsp3) is 0.700. The minimum atomic E-state index is 0.750. The van der Waals surface area contributed by atoms with E-state index in [4.69, 9.17) is 0 Å². The summed E-state index contributed by atoms with van der Waals surface area (Å²) in [4.78, 5) is 0. The molecule has 1 fully saturated rings. The quantitative estimate of drug-likeness (QED) is 0.736. The lowest BCUT2D eigenvalue weighted by Gasteiger charge is -2.02. The Bertz CT molecular complexity index is 286. The van der Waals surface area contributed by atoms with Crippen molar-refractivity contribution in [3.8, 4) is 0 Å². The lowest BCUT2D eigenvalue weighted by molar-refractivity contribution is 0.793. The largest absolute Gasteiger partial charge is 0.316 e. The van der Waals surface area contributed by atoms with E-state index >= 15 is 0 Å². The molecular weight excluding hydrogens is 162 g/mol. The molecule has 3 nitrogen and oxygen atoms in total. The first-order valence-corrected chi connectivity index (χ1v) is 5.07. The van der Waals surface area contributed by atoms with Crippen LogP contribution in [-0.2, 0) is 13.0 Å². The summed E-state index contributed by atoms with van der Waals surface area (Å²) in [6, 6.07) is 0. The van der Waals surface area contributed by atoms with E-state index in [0.29, 0.717) is 0 Å². The highest BCUT2D eigenvalue weighted by Crippen LogP contribution is 2.41. The summed E-state index contributed by atoms with van der Waals surface area (Å²) in [5.74, 6) is 0.750. The minimum absolute atomic E-state index is 0.750. The third kappa shape index (κ3) is 1.61. The van der Waals surface area contributed by atoms with Gasteiger partial charge in [-0.1, -0.05) is 6.92 Å². The van der Waals surface area contributed by atoms with Gasteiger partial charge in [0, 0.05) is 23.7 Å². The van der Waals surface area contributed by atoms with Crippen LogP contribution in [0, 0.1) is 0 Å². The van der Waals surface area contributed by atoms with Crippen molar-refractivity contribution in [1.29, 1.82) is 0 Å². The molecule has 13 heavy (non-hydrogen) atoms. The van der Waals surface area contributed by atoms with Crippen LogP contribution in [0.4, 0.5) is 0 Å². The summed E-state index contributed by atoms with van der Waals surface area (Å²) in [5.41, 5.74) is 4.02. The molecule has 1 aromatic rings. The number of hydrogen-bond donors (Lipinski definition) is 2. The van der Waals surface area contributed by atoms with Crippen molar-refractivity contribution in [1.82, 2.24) is 15.5 Å². The van der Waals surface area contributed by atoms with Crippen molar-refractivity contribution in [2.24, 2.45) is 0 Å². The number of nitrogens with one attached hydrogen (secondary N) is 2. The topological polar surface area (TPSA) is 40.7 Å². The van der Waals surface area contributed by atoms with Crippen molar-refractivity contribution in [2.75, 3.05) is 7.05 Å². The molecule has 72 valence electrons. The zero-order valence-corrected chi connectivity index (χ0v) is 8.35. The van der Waals surface area contributed by atoms with Crippen LogP contribution >= 0.6 is 0 Å². The Kier molecular flexibility index (Phi) is 2.36. The maximum absolute atomic E-state index is 4.40. The van der Waals surface area contributed by atoms with Crippen LogP contribution in [-0.4, -0.2) is 17.2 Å². The van der Waals surface area contributed by atoms with Crippen LogP contribution in [0.15, 0.2) is 0 Å². The molecule has 0 unspecified atom stereocenters. The Labute approximate surface area is 78.9 Å². The summed E-state index contributed by atoms with van der Waals surface area (Å²) >= 11 is 0. The highest BCUT2D eigenvalue weighted by molar-refractivity contribution is 5.30. The maximum atomic E-state index is 4.40. The van der Waals surface area contributed by atoms with E-state index in [9.17, 15) is 0 Å². The van der Waals surface area contributed by atoms with E-state index < -0.39 is 0 Å². The summed E-state index contributed by atoms with van der Waals surface area (Å²) in [5, 5.41) is 10.8. The molecule has 0 spiro atoms. The van der Waals surface area contributed by atoms with Gasteiger partial charge in [0.2, 0.25) is 0 Å². The van der Waals surface area contributed by atoms with Crippen LogP contribution in [0.5, 0.6) is 0 Å². The number of aryl methyl sites for hydroxylation is 1. The molecular formula is C10H17N3. The Balaban J connectivity index is 2.26. The number of nitrogens with zero attached hydrogens (tertiary/aromatic N) is 1. The van der Waals surface area contributed by atoms with E-state index in [1.54, 1.807) is 0 Å². The fourth-order valence-corrected chi connectivity index (χ4v) is 1.78. The van der Waals surface area contributed by atoms with E-state index in [1.807, 2.05) is 7.05 Å². The molecule has 0 atom stereocenters. The van der Waals surface area contributed by atoms with Crippen molar-refractivity contribution in [2.45, 2.75) is 38.6 Å². The molecule has 0 saturated heterocycles. The first-order chi connectivity index (χ1) is 6.36. The second kappa shape index (κ2) is 3.50. The summed E-state index contributed by atoms with van der Waals surface area (Å²) in [7, 11) is 1.99. The van der Waals surface area contributed by atoms with Gasteiger partial charge in [0.15, 0.2) is 0 Å². The SMILES string of the molecule is CCc1[nH]nc(C2CC2)c1CNC. The molecule has 0 radical (unpaired) electrons. The molecule has 3 heteroatoms. The molecule has 2 N–H and O–H groups in total. The first kappa shape index (κ1) is 8.75. The summed E-state index contributed by atoms with van der Waals surface area (Å²) < 4.78 is 0. The smallest absolute Gasteiger partial charge is 0.0700 e. The van der Waals surface area contributed by atoms with Crippen molar-refractivity contribution in [3.63, 3.8) is 0 Å². The van der Waals surface area contributed by atoms with E-state index in [2.05, 4.69) is 22.4 Å². The Morgan fingerprint density at radius 3 is 2.85 bits per heavy atom. The van der Waals surface area contributed by atoms with Gasteiger partial charge in [-0.15, -0.1) is 0 Å². The molecule has 0 amide bonds. The molecule has 1 heterocycles. The molecule has 0 bridgehead atoms. The van der Waals surface area contributed by atoms with Gasteiger partial charge in [0.1, 0.15) is 0 Å². The normalized spacial score (nSPS) is 16.5. The second-order valence-corrected chi connectivity index (χ2v) is 3.72. The van der Waals surface area contributed by atoms with Crippen molar-refractivity contribution >= 4 is 0 Å². The fourth-order valence-electron chi connectivity index (χ4n) is 1.78. The Hall–Kier alpha value is -0.830. The van der Waals surface area contributed by atoms with Gasteiger partial charge in [-0.05, 0) is 26.3 Å². The van der Waals surface area contributed by atoms with Crippen LogP contribution < -0.4 is 5.32 Å². The standard InChI is InChI=1S/C10H17N3/c1-3-9-8(6-11-2)10(13-12-9)7-4-5-7/h7,11H,3-6H2,1-2H3,(H,12,13). The van der Waals surface area contributed by atoms with Gasteiger partial charge in [-0.2, -0.15) is 5.10 Å². The summed E-state index contributed by atoms with van der Waals surface area (Å²) in [6.07, 6.45) is 3.70. The molecule has 1 saturated carbocycles. The lowest BCUT2D eigenvalue weighted by Crippen LogP contribution is -2.08. The van der Waals surface area contributed by atoms with Gasteiger partial charge in [-0.3, -0.25) is 5.10 Å². The van der Waals surface area contributed by atoms with Gasteiger partial charge in [0.05, 0.1) is 5.69 Å². The lowest BCUT2D eigenvalue weighted by atomic mass is 10.1. The third-order valence-electron chi connectivity index (χ3n) is 2.66. The van der Waals surface area contributed by atoms with Crippen LogP contribution in [0.2, 0.25) is 0 Å². The van der Waals surface area contributed by atoms with Crippen LogP contribution in [0.3, 0.4) is 0 Å². The zero-order chi connectivity index (χ0) is 9.26. The Morgan fingerprint density at radius 2 is 2.31 bits per heavy atom. The number of aromatic amines is 1. The minimum Gasteiger partial charge on any atom is -0.316 e. The second-order valence-electron chi connectivity index (χ2n) is 3.72. The van der Waals surface area contributed by atoms with E-state index in [-0.39, 0.29) is 0 Å². The number of H-pyrrole nitrogens is 1. The molecule has 2 rings (SSSR count). The molecule has 0 aliphatic heterocycles. The van der Waals surface area contributed by atoms with Crippen LogP contribution in [0.25, 0.3) is 0 Å². The molecule has 0 aromatic carbocycles. The third-order valence-corrected chi connectivity index (χ3v) is 2.66. The van der Waals surface area contributed by atoms with E-state index in [0.717, 1.165) is 18.9 Å². The monoisotopic (exact) mass is 179 g/mol. The first-order valence-electron chi connectivity index (χ1n) is 5.07.